The summed E-state index contributed by atoms with van der Waals surface area (Å²) in [4.78, 5) is 27.2. The Hall–Kier alpha value is -2.38. The molecule has 3 N–H and O–H groups in total. The van der Waals surface area contributed by atoms with Crippen LogP contribution in [0.3, 0.4) is 0 Å². The lowest BCUT2D eigenvalue weighted by atomic mass is 9.72. The van der Waals surface area contributed by atoms with Gasteiger partial charge >= 0.3 is 0 Å². The number of amides is 2. The van der Waals surface area contributed by atoms with Crippen molar-refractivity contribution >= 4 is 33.8 Å². The number of hydrogen-bond acceptors (Lipinski definition) is 5. The molecule has 1 aliphatic carbocycles. The number of rotatable bonds is 8. The first kappa shape index (κ1) is 25.2. The summed E-state index contributed by atoms with van der Waals surface area (Å²) < 4.78 is 5.20. The summed E-state index contributed by atoms with van der Waals surface area (Å²) in [5.74, 6) is 1.44. The van der Waals surface area contributed by atoms with Crippen LogP contribution in [0.2, 0.25) is 0 Å². The van der Waals surface area contributed by atoms with Gasteiger partial charge in [0.05, 0.1) is 19.2 Å². The van der Waals surface area contributed by atoms with E-state index in [1.807, 2.05) is 24.3 Å². The molecule has 1 heterocycles. The van der Waals surface area contributed by atoms with Gasteiger partial charge in [0.15, 0.2) is 0 Å². The molecular formula is C26H37N3O3S. The van der Waals surface area contributed by atoms with Gasteiger partial charge in [-0.05, 0) is 72.9 Å². The fourth-order valence-electron chi connectivity index (χ4n) is 4.17. The van der Waals surface area contributed by atoms with E-state index in [0.29, 0.717) is 28.1 Å². The number of thiophene rings is 1. The minimum absolute atomic E-state index is 0.125. The van der Waals surface area contributed by atoms with E-state index >= 15 is 0 Å². The predicted octanol–water partition coefficient (Wildman–Crippen LogP) is 5.34. The number of carbonyl (C=O) groups excluding carboxylic acids is 2. The van der Waals surface area contributed by atoms with E-state index in [0.717, 1.165) is 37.1 Å². The Morgan fingerprint density at radius 1 is 1.15 bits per heavy atom. The number of ether oxygens (including phenoxy) is 1. The Morgan fingerprint density at radius 2 is 1.85 bits per heavy atom. The Kier molecular flexibility index (Phi) is 8.19. The molecule has 2 amide bonds. The summed E-state index contributed by atoms with van der Waals surface area (Å²) >= 11 is 1.55. The highest BCUT2D eigenvalue weighted by Crippen LogP contribution is 2.44. The Bertz CT molecular complexity index is 974. The summed E-state index contributed by atoms with van der Waals surface area (Å²) in [5.41, 5.74) is 2.59. The lowest BCUT2D eigenvalue weighted by molar-refractivity contribution is -0.115. The number of nitrogens with one attached hydrogen (secondary N) is 3. The third kappa shape index (κ3) is 6.58. The van der Waals surface area contributed by atoms with Crippen molar-refractivity contribution in [1.29, 1.82) is 0 Å². The van der Waals surface area contributed by atoms with Gasteiger partial charge in [-0.2, -0.15) is 0 Å². The molecule has 0 saturated carbocycles. The Morgan fingerprint density at radius 3 is 2.45 bits per heavy atom. The first-order valence-corrected chi connectivity index (χ1v) is 12.5. The maximum absolute atomic E-state index is 13.4. The molecule has 1 aromatic heterocycles. The van der Waals surface area contributed by atoms with Gasteiger partial charge in [-0.3, -0.25) is 9.59 Å². The molecule has 2 aromatic rings. The van der Waals surface area contributed by atoms with Crippen molar-refractivity contribution in [2.45, 2.75) is 53.9 Å². The first-order chi connectivity index (χ1) is 15.6. The van der Waals surface area contributed by atoms with Gasteiger partial charge in [0.2, 0.25) is 5.91 Å². The topological polar surface area (TPSA) is 79.5 Å². The van der Waals surface area contributed by atoms with Crippen molar-refractivity contribution in [2.75, 3.05) is 30.8 Å². The first-order valence-electron chi connectivity index (χ1n) is 11.7. The molecule has 0 spiro atoms. The zero-order chi connectivity index (χ0) is 24.2. The second-order valence-electron chi connectivity index (χ2n) is 10.3. The number of fused-ring (bicyclic) bond motifs is 1. The lowest BCUT2D eigenvalue weighted by Crippen LogP contribution is -2.31. The van der Waals surface area contributed by atoms with Crippen molar-refractivity contribution in [3.8, 4) is 5.75 Å². The average Bonchev–Trinajstić information content (AvgIpc) is 3.10. The molecule has 6 nitrogen and oxygen atoms in total. The fourth-order valence-corrected chi connectivity index (χ4v) is 5.51. The quantitative estimate of drug-likeness (QED) is 0.485. The van der Waals surface area contributed by atoms with Gasteiger partial charge < -0.3 is 20.7 Å². The molecule has 0 aliphatic heterocycles. The summed E-state index contributed by atoms with van der Waals surface area (Å²) in [6.45, 7) is 12.0. The van der Waals surface area contributed by atoms with E-state index in [1.54, 1.807) is 18.4 Å². The zero-order valence-electron chi connectivity index (χ0n) is 20.6. The van der Waals surface area contributed by atoms with Crippen LogP contribution in [0.25, 0.3) is 0 Å². The van der Waals surface area contributed by atoms with Gasteiger partial charge in [0.25, 0.3) is 5.91 Å². The summed E-state index contributed by atoms with van der Waals surface area (Å²) in [6.07, 6.45) is 2.83. The molecule has 0 fully saturated rings. The zero-order valence-corrected chi connectivity index (χ0v) is 21.4. The van der Waals surface area contributed by atoms with Crippen molar-refractivity contribution in [1.82, 2.24) is 5.32 Å². The van der Waals surface area contributed by atoms with Crippen molar-refractivity contribution in [3.05, 3.63) is 40.3 Å². The summed E-state index contributed by atoms with van der Waals surface area (Å²) in [7, 11) is 1.61. The third-order valence-corrected chi connectivity index (χ3v) is 7.33. The van der Waals surface area contributed by atoms with E-state index in [-0.39, 0.29) is 23.8 Å². The molecule has 1 aliphatic rings. The number of hydrogen-bond donors (Lipinski definition) is 3. The van der Waals surface area contributed by atoms with Crippen LogP contribution in [0, 0.1) is 17.3 Å². The van der Waals surface area contributed by atoms with Crippen LogP contribution in [0.4, 0.5) is 10.7 Å². The molecule has 0 saturated heterocycles. The minimum atomic E-state index is -0.183. The van der Waals surface area contributed by atoms with Crippen LogP contribution < -0.4 is 20.7 Å². The van der Waals surface area contributed by atoms with Crippen LogP contribution in [-0.2, 0) is 17.6 Å². The lowest BCUT2D eigenvalue weighted by Gasteiger charge is -2.33. The smallest absolute Gasteiger partial charge is 0.258 e. The number of benzene rings is 1. The number of anilines is 2. The molecular weight excluding hydrogens is 434 g/mol. The van der Waals surface area contributed by atoms with Gasteiger partial charge in [-0.15, -0.1) is 11.3 Å². The SMILES string of the molecule is COc1ccc(NC(=O)c2c(NC(=O)CNCC(C)C)sc3c2CC[C@@H](C(C)(C)C)C3)cc1. The van der Waals surface area contributed by atoms with Crippen LogP contribution >= 0.6 is 11.3 Å². The summed E-state index contributed by atoms with van der Waals surface area (Å²) in [6, 6.07) is 7.27. The van der Waals surface area contributed by atoms with Gasteiger partial charge in [-0.1, -0.05) is 34.6 Å². The molecule has 3 rings (SSSR count). The molecule has 1 atom stereocenters. The minimum Gasteiger partial charge on any atom is -0.497 e. The van der Waals surface area contributed by atoms with Crippen molar-refractivity contribution < 1.29 is 14.3 Å². The van der Waals surface area contributed by atoms with Crippen LogP contribution in [-0.4, -0.2) is 32.0 Å². The molecule has 1 aromatic carbocycles. The monoisotopic (exact) mass is 471 g/mol. The van der Waals surface area contributed by atoms with Crippen LogP contribution in [0.5, 0.6) is 5.75 Å². The molecule has 180 valence electrons. The maximum Gasteiger partial charge on any atom is 0.258 e. The largest absolute Gasteiger partial charge is 0.497 e. The van der Waals surface area contributed by atoms with Crippen molar-refractivity contribution in [2.24, 2.45) is 17.3 Å². The van der Waals surface area contributed by atoms with E-state index in [2.05, 4.69) is 50.6 Å². The van der Waals surface area contributed by atoms with Gasteiger partial charge in [-0.25, -0.2) is 0 Å². The van der Waals surface area contributed by atoms with Crippen LogP contribution in [0.1, 0.15) is 61.8 Å². The van der Waals surface area contributed by atoms with E-state index in [9.17, 15) is 9.59 Å². The summed E-state index contributed by atoms with van der Waals surface area (Å²) in [5, 5.41) is 9.84. The normalized spacial score (nSPS) is 15.8. The highest BCUT2D eigenvalue weighted by Gasteiger charge is 2.34. The van der Waals surface area contributed by atoms with E-state index < -0.39 is 0 Å². The fraction of sp³-hybridized carbons (Fsp3) is 0.538. The number of methoxy groups -OCH3 is 1. The van der Waals surface area contributed by atoms with Gasteiger partial charge in [0.1, 0.15) is 10.8 Å². The predicted molar refractivity (Wildman–Crippen MR) is 137 cm³/mol. The molecule has 0 radical (unpaired) electrons. The maximum atomic E-state index is 13.4. The number of carbonyl (C=O) groups is 2. The highest BCUT2D eigenvalue weighted by molar-refractivity contribution is 7.17. The third-order valence-electron chi connectivity index (χ3n) is 6.16. The average molecular weight is 472 g/mol. The molecule has 0 unspecified atom stereocenters. The van der Waals surface area contributed by atoms with E-state index in [1.165, 1.54) is 4.88 Å². The second kappa shape index (κ2) is 10.7. The van der Waals surface area contributed by atoms with Crippen LogP contribution in [0.15, 0.2) is 24.3 Å². The molecule has 33 heavy (non-hydrogen) atoms. The second-order valence-corrected chi connectivity index (χ2v) is 11.4. The standard InChI is InChI=1S/C26H37N3O3S/c1-16(2)14-27-15-22(30)29-25-23(24(31)28-18-8-10-19(32-6)11-9-18)20-12-7-17(26(3,4)5)13-21(20)33-25/h8-11,16-17,27H,7,12-15H2,1-6H3,(H,28,31)(H,29,30)/t17-/m1/s1. The van der Waals surface area contributed by atoms with Gasteiger partial charge in [0, 0.05) is 10.6 Å². The van der Waals surface area contributed by atoms with Crippen molar-refractivity contribution in [3.63, 3.8) is 0 Å². The highest BCUT2D eigenvalue weighted by atomic mass is 32.1. The Labute approximate surface area is 201 Å². The molecule has 7 heteroatoms. The Balaban J connectivity index is 1.85. The van der Waals surface area contributed by atoms with E-state index in [4.69, 9.17) is 4.74 Å². The molecule has 0 bridgehead atoms.